The molecule has 4 fully saturated rings. The van der Waals surface area contributed by atoms with E-state index in [0.717, 1.165) is 46.9 Å². The first-order valence-corrected chi connectivity index (χ1v) is 10.3. The molecule has 1 aromatic heterocycles. The molecule has 3 nitrogen and oxygen atoms in total. The molecule has 1 heterocycles. The van der Waals surface area contributed by atoms with E-state index in [2.05, 4.69) is 17.4 Å². The van der Waals surface area contributed by atoms with Crippen molar-refractivity contribution in [3.05, 3.63) is 47.7 Å². The third-order valence-electron chi connectivity index (χ3n) is 7.16. The van der Waals surface area contributed by atoms with Crippen molar-refractivity contribution in [2.24, 2.45) is 17.8 Å². The van der Waals surface area contributed by atoms with Crippen LogP contribution in [0.4, 0.5) is 0 Å². The Balaban J connectivity index is 1.26. The van der Waals surface area contributed by atoms with Gasteiger partial charge in [-0.2, -0.15) is 0 Å². The van der Waals surface area contributed by atoms with Gasteiger partial charge >= 0.3 is 0 Å². The maximum absolute atomic E-state index is 9.65. The van der Waals surface area contributed by atoms with Gasteiger partial charge < -0.3 is 14.8 Å². The molecule has 4 bridgehead atoms. The SMILES string of the molecule is C[C@H](O)c1ccc(-c2ccc(C[NH2+]C34CC5CC(CC(C5)C3)C4)o2)cc1. The molecule has 6 rings (SSSR count). The Morgan fingerprint density at radius 2 is 1.62 bits per heavy atom. The molecule has 26 heavy (non-hydrogen) atoms. The van der Waals surface area contributed by atoms with Crippen LogP contribution in [0, 0.1) is 17.8 Å². The number of furan rings is 1. The second-order valence-corrected chi connectivity index (χ2v) is 9.25. The van der Waals surface area contributed by atoms with Crippen molar-refractivity contribution in [1.29, 1.82) is 0 Å². The number of rotatable bonds is 5. The van der Waals surface area contributed by atoms with E-state index in [-0.39, 0.29) is 0 Å². The summed E-state index contributed by atoms with van der Waals surface area (Å²) < 4.78 is 6.14. The normalized spacial score (nSPS) is 33.5. The second-order valence-electron chi connectivity index (χ2n) is 9.25. The molecule has 0 radical (unpaired) electrons. The molecule has 1 atom stereocenters. The van der Waals surface area contributed by atoms with E-state index >= 15 is 0 Å². The molecule has 0 amide bonds. The minimum absolute atomic E-state index is 0.425. The Morgan fingerprint density at radius 3 is 2.19 bits per heavy atom. The van der Waals surface area contributed by atoms with Gasteiger partial charge in [-0.25, -0.2) is 0 Å². The highest BCUT2D eigenvalue weighted by atomic mass is 16.3. The van der Waals surface area contributed by atoms with Crippen LogP contribution in [0.5, 0.6) is 0 Å². The van der Waals surface area contributed by atoms with Gasteiger partial charge in [-0.05, 0) is 61.6 Å². The van der Waals surface area contributed by atoms with Crippen molar-refractivity contribution in [3.8, 4) is 11.3 Å². The van der Waals surface area contributed by atoms with Gasteiger partial charge in [-0.1, -0.05) is 24.3 Å². The lowest BCUT2D eigenvalue weighted by molar-refractivity contribution is -0.754. The van der Waals surface area contributed by atoms with Crippen molar-refractivity contribution in [2.75, 3.05) is 0 Å². The van der Waals surface area contributed by atoms with Crippen LogP contribution in [-0.2, 0) is 6.54 Å². The minimum atomic E-state index is -0.425. The van der Waals surface area contributed by atoms with Crippen molar-refractivity contribution < 1.29 is 14.8 Å². The summed E-state index contributed by atoms with van der Waals surface area (Å²) >= 11 is 0. The van der Waals surface area contributed by atoms with Gasteiger partial charge in [0.25, 0.3) is 0 Å². The number of benzene rings is 1. The number of aliphatic hydroxyl groups excluding tert-OH is 1. The first-order chi connectivity index (χ1) is 12.6. The van der Waals surface area contributed by atoms with Crippen LogP contribution in [0.1, 0.15) is 62.9 Å². The largest absolute Gasteiger partial charge is 0.455 e. The highest BCUT2D eigenvalue weighted by Gasteiger charge is 2.53. The number of nitrogens with two attached hydrogens (primary N) is 1. The fraction of sp³-hybridized carbons (Fsp3) is 0.565. The molecule has 138 valence electrons. The standard InChI is InChI=1S/C23H29NO2/c1-15(25)19-2-4-20(5-3-19)22-7-6-21(26-22)14-24-23-11-16-8-17(12-23)10-18(9-16)13-23/h2-7,15-18,24-25H,8-14H2,1H3/p+1/t15-,16?,17?,18?,23?/m0/s1. The molecule has 4 aliphatic rings. The summed E-state index contributed by atoms with van der Waals surface area (Å²) in [6.45, 7) is 2.75. The van der Waals surface area contributed by atoms with E-state index in [4.69, 9.17) is 4.42 Å². The third kappa shape index (κ3) is 3.01. The topological polar surface area (TPSA) is 50.0 Å². The smallest absolute Gasteiger partial charge is 0.158 e. The zero-order valence-electron chi connectivity index (χ0n) is 15.7. The molecular weight excluding hydrogens is 322 g/mol. The molecule has 3 heteroatoms. The molecule has 0 saturated heterocycles. The lowest BCUT2D eigenvalue weighted by Crippen LogP contribution is -2.97. The average molecular weight is 352 g/mol. The Hall–Kier alpha value is -1.58. The van der Waals surface area contributed by atoms with Gasteiger partial charge in [0.2, 0.25) is 0 Å². The Labute approximate surface area is 155 Å². The Kier molecular flexibility index (Phi) is 3.98. The van der Waals surface area contributed by atoms with Crippen LogP contribution >= 0.6 is 0 Å². The number of quaternary nitrogens is 1. The van der Waals surface area contributed by atoms with Gasteiger partial charge in [0, 0.05) is 24.8 Å². The van der Waals surface area contributed by atoms with Crippen LogP contribution in [0.15, 0.2) is 40.8 Å². The van der Waals surface area contributed by atoms with E-state index in [1.807, 2.05) is 24.3 Å². The Morgan fingerprint density at radius 1 is 1.00 bits per heavy atom. The summed E-state index contributed by atoms with van der Waals surface area (Å²) in [4.78, 5) is 0. The zero-order valence-corrected chi connectivity index (χ0v) is 15.7. The third-order valence-corrected chi connectivity index (χ3v) is 7.16. The van der Waals surface area contributed by atoms with Crippen LogP contribution in [-0.4, -0.2) is 10.6 Å². The quantitative estimate of drug-likeness (QED) is 0.853. The van der Waals surface area contributed by atoms with Crippen LogP contribution in [0.2, 0.25) is 0 Å². The highest BCUT2D eigenvalue weighted by Crippen LogP contribution is 2.54. The van der Waals surface area contributed by atoms with Gasteiger partial charge in [0.05, 0.1) is 11.6 Å². The maximum atomic E-state index is 9.65. The van der Waals surface area contributed by atoms with Gasteiger partial charge in [-0.15, -0.1) is 0 Å². The van der Waals surface area contributed by atoms with E-state index < -0.39 is 6.10 Å². The van der Waals surface area contributed by atoms with Crippen molar-refractivity contribution >= 4 is 0 Å². The van der Waals surface area contributed by atoms with Crippen LogP contribution in [0.25, 0.3) is 11.3 Å². The molecule has 0 spiro atoms. The molecule has 0 unspecified atom stereocenters. The summed E-state index contributed by atoms with van der Waals surface area (Å²) in [6, 6.07) is 12.2. The van der Waals surface area contributed by atoms with Gasteiger partial charge in [-0.3, -0.25) is 0 Å². The first kappa shape index (κ1) is 16.6. The summed E-state index contributed by atoms with van der Waals surface area (Å²) in [6.07, 6.45) is 8.35. The molecule has 1 aromatic carbocycles. The van der Waals surface area contributed by atoms with Gasteiger partial charge in [0.15, 0.2) is 5.76 Å². The minimum Gasteiger partial charge on any atom is -0.455 e. The lowest BCUT2D eigenvalue weighted by atomic mass is 9.53. The number of hydrogen-bond acceptors (Lipinski definition) is 2. The van der Waals surface area contributed by atoms with E-state index in [1.165, 1.54) is 38.5 Å². The first-order valence-electron chi connectivity index (χ1n) is 10.3. The van der Waals surface area contributed by atoms with Crippen LogP contribution < -0.4 is 5.32 Å². The summed E-state index contributed by atoms with van der Waals surface area (Å²) in [5.41, 5.74) is 2.52. The predicted molar refractivity (Wildman–Crippen MR) is 101 cm³/mol. The molecular formula is C23H30NO2+. The predicted octanol–water partition coefficient (Wildman–Crippen LogP) is 4.03. The molecule has 4 saturated carbocycles. The molecule has 3 N–H and O–H groups in total. The Bertz CT molecular complexity index is 738. The van der Waals surface area contributed by atoms with Crippen molar-refractivity contribution in [3.63, 3.8) is 0 Å². The summed E-state index contributed by atoms with van der Waals surface area (Å²) in [5, 5.41) is 12.3. The fourth-order valence-electron chi connectivity index (χ4n) is 6.31. The van der Waals surface area contributed by atoms with E-state index in [9.17, 15) is 5.11 Å². The molecule has 0 aliphatic heterocycles. The zero-order chi connectivity index (χ0) is 17.7. The molecule has 2 aromatic rings. The van der Waals surface area contributed by atoms with Crippen LogP contribution in [0.3, 0.4) is 0 Å². The molecule has 4 aliphatic carbocycles. The van der Waals surface area contributed by atoms with E-state index in [1.54, 1.807) is 6.92 Å². The maximum Gasteiger partial charge on any atom is 0.158 e. The summed E-state index contributed by atoms with van der Waals surface area (Å²) in [5.74, 6) is 5.00. The van der Waals surface area contributed by atoms with Crippen molar-refractivity contribution in [2.45, 2.75) is 63.6 Å². The fourth-order valence-corrected chi connectivity index (χ4v) is 6.31. The van der Waals surface area contributed by atoms with E-state index in [0.29, 0.717) is 5.54 Å². The average Bonchev–Trinajstić information content (AvgIpc) is 3.08. The monoisotopic (exact) mass is 352 g/mol. The number of aliphatic hydroxyl groups is 1. The number of hydrogen-bond donors (Lipinski definition) is 2. The highest BCUT2D eigenvalue weighted by molar-refractivity contribution is 5.58. The lowest BCUT2D eigenvalue weighted by Gasteiger charge is -2.54. The van der Waals surface area contributed by atoms with Gasteiger partial charge in [0.1, 0.15) is 12.3 Å². The summed E-state index contributed by atoms with van der Waals surface area (Å²) in [7, 11) is 0. The second kappa shape index (κ2) is 6.24. The van der Waals surface area contributed by atoms with Crippen molar-refractivity contribution in [1.82, 2.24) is 0 Å².